The molecule has 1 aromatic heterocycles. The monoisotopic (exact) mass is 337 g/mol. The van der Waals surface area contributed by atoms with Crippen LogP contribution in [-0.2, 0) is 0 Å². The van der Waals surface area contributed by atoms with Gasteiger partial charge in [0, 0.05) is 10.9 Å². The molecule has 2 nitrogen and oxygen atoms in total. The van der Waals surface area contributed by atoms with Crippen LogP contribution in [0.4, 0.5) is 0 Å². The van der Waals surface area contributed by atoms with E-state index >= 15 is 0 Å². The van der Waals surface area contributed by atoms with Crippen LogP contribution in [0.15, 0.2) is 84.9 Å². The van der Waals surface area contributed by atoms with Gasteiger partial charge in [0.25, 0.3) is 0 Å². The van der Waals surface area contributed by atoms with E-state index in [1.807, 2.05) is 48.5 Å². The highest BCUT2D eigenvalue weighted by Crippen LogP contribution is 2.27. The van der Waals surface area contributed by atoms with Crippen molar-refractivity contribution < 1.29 is 4.74 Å². The minimum absolute atomic E-state index is 0.846. The molecule has 2 heteroatoms. The number of aromatic nitrogens is 1. The fourth-order valence-corrected chi connectivity index (χ4v) is 3.00. The van der Waals surface area contributed by atoms with E-state index in [2.05, 4.69) is 48.6 Å². The van der Waals surface area contributed by atoms with Gasteiger partial charge in [-0.05, 0) is 47.5 Å². The Morgan fingerprint density at radius 1 is 0.769 bits per heavy atom. The summed E-state index contributed by atoms with van der Waals surface area (Å²) in [5, 5.41) is 1.15. The molecular formula is C24H19NO. The third kappa shape index (κ3) is 3.35. The summed E-state index contributed by atoms with van der Waals surface area (Å²) in [6.45, 7) is 0. The van der Waals surface area contributed by atoms with Gasteiger partial charge in [-0.25, -0.2) is 4.98 Å². The number of benzene rings is 3. The summed E-state index contributed by atoms with van der Waals surface area (Å²) in [7, 11) is 1.68. The number of hydrogen-bond acceptors (Lipinski definition) is 2. The zero-order valence-corrected chi connectivity index (χ0v) is 14.6. The average molecular weight is 337 g/mol. The molecule has 0 spiro atoms. The molecule has 0 saturated carbocycles. The van der Waals surface area contributed by atoms with Crippen molar-refractivity contribution in [3.63, 3.8) is 0 Å². The standard InChI is InChI=1S/C24H19NO/c1-26-21-15-13-19(14-16-21)24-17-20(12-11-18-7-3-2-4-8-18)22-9-5-6-10-23(22)25-24/h2-17H,1H3/b12-11+. The first kappa shape index (κ1) is 16.1. The molecule has 0 aliphatic heterocycles. The van der Waals surface area contributed by atoms with E-state index in [9.17, 15) is 0 Å². The molecule has 0 bridgehead atoms. The fourth-order valence-electron chi connectivity index (χ4n) is 3.00. The maximum absolute atomic E-state index is 5.25. The zero-order valence-electron chi connectivity index (χ0n) is 14.6. The summed E-state index contributed by atoms with van der Waals surface area (Å²) in [4.78, 5) is 4.84. The van der Waals surface area contributed by atoms with Gasteiger partial charge < -0.3 is 4.74 Å². The predicted molar refractivity (Wildman–Crippen MR) is 109 cm³/mol. The van der Waals surface area contributed by atoms with Crippen LogP contribution >= 0.6 is 0 Å². The SMILES string of the molecule is COc1ccc(-c2cc(/C=C/c3ccccc3)c3ccccc3n2)cc1. The Bertz CT molecular complexity index is 1050. The van der Waals surface area contributed by atoms with E-state index in [0.717, 1.165) is 33.5 Å². The maximum atomic E-state index is 5.25. The van der Waals surface area contributed by atoms with Crippen molar-refractivity contribution in [2.45, 2.75) is 0 Å². The molecule has 0 unspecified atom stereocenters. The third-order valence-electron chi connectivity index (χ3n) is 4.39. The Kier molecular flexibility index (Phi) is 4.48. The van der Waals surface area contributed by atoms with Crippen molar-refractivity contribution in [2.24, 2.45) is 0 Å². The summed E-state index contributed by atoms with van der Waals surface area (Å²) in [5.41, 5.74) is 5.36. The summed E-state index contributed by atoms with van der Waals surface area (Å²) < 4.78 is 5.25. The molecule has 3 aromatic carbocycles. The first-order valence-electron chi connectivity index (χ1n) is 8.61. The summed E-state index contributed by atoms with van der Waals surface area (Å²) in [6.07, 6.45) is 4.30. The summed E-state index contributed by atoms with van der Waals surface area (Å²) in [5.74, 6) is 0.846. The second-order valence-electron chi connectivity index (χ2n) is 6.09. The number of para-hydroxylation sites is 1. The largest absolute Gasteiger partial charge is 0.497 e. The Balaban J connectivity index is 1.81. The van der Waals surface area contributed by atoms with Crippen LogP contribution in [0.1, 0.15) is 11.1 Å². The quantitative estimate of drug-likeness (QED) is 0.450. The predicted octanol–water partition coefficient (Wildman–Crippen LogP) is 6.08. The molecule has 0 saturated heterocycles. The second kappa shape index (κ2) is 7.24. The van der Waals surface area contributed by atoms with Gasteiger partial charge in [-0.2, -0.15) is 0 Å². The Morgan fingerprint density at radius 3 is 2.27 bits per heavy atom. The third-order valence-corrected chi connectivity index (χ3v) is 4.39. The highest BCUT2D eigenvalue weighted by Gasteiger charge is 2.06. The average Bonchev–Trinajstić information content (AvgIpc) is 2.72. The van der Waals surface area contributed by atoms with Crippen LogP contribution < -0.4 is 4.74 Å². The van der Waals surface area contributed by atoms with Gasteiger partial charge in [-0.15, -0.1) is 0 Å². The van der Waals surface area contributed by atoms with Gasteiger partial charge in [-0.1, -0.05) is 60.7 Å². The van der Waals surface area contributed by atoms with Crippen molar-refractivity contribution in [3.8, 4) is 17.0 Å². The molecule has 0 fully saturated rings. The maximum Gasteiger partial charge on any atom is 0.118 e. The summed E-state index contributed by atoms with van der Waals surface area (Å²) in [6, 6.07) is 28.7. The van der Waals surface area contributed by atoms with E-state index in [-0.39, 0.29) is 0 Å². The van der Waals surface area contributed by atoms with Crippen molar-refractivity contribution in [2.75, 3.05) is 7.11 Å². The van der Waals surface area contributed by atoms with Crippen LogP contribution in [-0.4, -0.2) is 12.1 Å². The normalized spacial score (nSPS) is 11.1. The zero-order chi connectivity index (χ0) is 17.8. The number of rotatable bonds is 4. The van der Waals surface area contributed by atoms with Crippen LogP contribution in [0.25, 0.3) is 34.3 Å². The van der Waals surface area contributed by atoms with Crippen LogP contribution in [0.2, 0.25) is 0 Å². The number of ether oxygens (including phenoxy) is 1. The topological polar surface area (TPSA) is 22.1 Å². The lowest BCUT2D eigenvalue weighted by Gasteiger charge is -2.08. The minimum Gasteiger partial charge on any atom is -0.497 e. The molecule has 1 heterocycles. The highest BCUT2D eigenvalue weighted by molar-refractivity contribution is 5.92. The number of hydrogen-bond donors (Lipinski definition) is 0. The highest BCUT2D eigenvalue weighted by atomic mass is 16.5. The lowest BCUT2D eigenvalue weighted by atomic mass is 10.0. The van der Waals surface area contributed by atoms with E-state index < -0.39 is 0 Å². The van der Waals surface area contributed by atoms with Crippen molar-refractivity contribution in [3.05, 3.63) is 96.1 Å². The van der Waals surface area contributed by atoms with Gasteiger partial charge >= 0.3 is 0 Å². The van der Waals surface area contributed by atoms with Gasteiger partial charge in [0.2, 0.25) is 0 Å². The molecule has 0 atom stereocenters. The Morgan fingerprint density at radius 2 is 1.50 bits per heavy atom. The molecule has 0 aliphatic rings. The van der Waals surface area contributed by atoms with E-state index in [1.54, 1.807) is 7.11 Å². The second-order valence-corrected chi connectivity index (χ2v) is 6.09. The molecular weight excluding hydrogens is 318 g/mol. The first-order valence-corrected chi connectivity index (χ1v) is 8.61. The fraction of sp³-hybridized carbons (Fsp3) is 0.0417. The number of methoxy groups -OCH3 is 1. The number of pyridine rings is 1. The van der Waals surface area contributed by atoms with E-state index in [4.69, 9.17) is 9.72 Å². The Hall–Kier alpha value is -3.39. The van der Waals surface area contributed by atoms with Crippen molar-refractivity contribution >= 4 is 23.1 Å². The van der Waals surface area contributed by atoms with Crippen LogP contribution in [0, 0.1) is 0 Å². The van der Waals surface area contributed by atoms with Crippen molar-refractivity contribution in [1.82, 2.24) is 4.98 Å². The molecule has 0 aliphatic carbocycles. The van der Waals surface area contributed by atoms with Crippen LogP contribution in [0.5, 0.6) is 5.75 Å². The molecule has 0 amide bonds. The minimum atomic E-state index is 0.846. The molecule has 4 rings (SSSR count). The lowest BCUT2D eigenvalue weighted by molar-refractivity contribution is 0.415. The van der Waals surface area contributed by atoms with Gasteiger partial charge in [0.1, 0.15) is 5.75 Å². The van der Waals surface area contributed by atoms with E-state index in [1.165, 1.54) is 5.56 Å². The van der Waals surface area contributed by atoms with Crippen molar-refractivity contribution in [1.29, 1.82) is 0 Å². The van der Waals surface area contributed by atoms with E-state index in [0.29, 0.717) is 0 Å². The smallest absolute Gasteiger partial charge is 0.118 e. The molecule has 126 valence electrons. The lowest BCUT2D eigenvalue weighted by Crippen LogP contribution is -1.89. The molecule has 0 N–H and O–H groups in total. The Labute approximate surface area is 153 Å². The molecule has 0 radical (unpaired) electrons. The summed E-state index contributed by atoms with van der Waals surface area (Å²) >= 11 is 0. The molecule has 26 heavy (non-hydrogen) atoms. The van der Waals surface area contributed by atoms with Gasteiger partial charge in [0.15, 0.2) is 0 Å². The van der Waals surface area contributed by atoms with Gasteiger partial charge in [0.05, 0.1) is 18.3 Å². The number of fused-ring (bicyclic) bond motifs is 1. The first-order chi connectivity index (χ1) is 12.8. The van der Waals surface area contributed by atoms with Crippen LogP contribution in [0.3, 0.4) is 0 Å². The molecule has 4 aromatic rings. The number of nitrogens with zero attached hydrogens (tertiary/aromatic N) is 1. The van der Waals surface area contributed by atoms with Gasteiger partial charge in [-0.3, -0.25) is 0 Å².